The zero-order valence-corrected chi connectivity index (χ0v) is 13.0. The number of piperazine rings is 1. The predicted octanol–water partition coefficient (Wildman–Crippen LogP) is 2.94. The van der Waals surface area contributed by atoms with Crippen LogP contribution in [0.15, 0.2) is 30.3 Å². The van der Waals surface area contributed by atoms with E-state index in [0.29, 0.717) is 6.04 Å². The third kappa shape index (κ3) is 3.67. The van der Waals surface area contributed by atoms with Gasteiger partial charge in [-0.25, -0.2) is 0 Å². The summed E-state index contributed by atoms with van der Waals surface area (Å²) < 4.78 is 0. The van der Waals surface area contributed by atoms with Crippen LogP contribution in [0.5, 0.6) is 0 Å². The maximum atomic E-state index is 3.72. The van der Waals surface area contributed by atoms with Crippen LogP contribution in [0.3, 0.4) is 0 Å². The van der Waals surface area contributed by atoms with Gasteiger partial charge in [-0.3, -0.25) is 0 Å². The first kappa shape index (κ1) is 13.8. The van der Waals surface area contributed by atoms with Crippen LogP contribution in [0.25, 0.3) is 0 Å². The number of hydrogen-bond donors (Lipinski definition) is 1. The molecule has 21 heavy (non-hydrogen) atoms. The van der Waals surface area contributed by atoms with Crippen molar-refractivity contribution >= 4 is 0 Å². The summed E-state index contributed by atoms with van der Waals surface area (Å²) in [5.41, 5.74) is 1.47. The van der Waals surface area contributed by atoms with Crippen LogP contribution in [0, 0.1) is 17.8 Å². The molecule has 3 fully saturated rings. The monoisotopic (exact) mass is 284 g/mol. The van der Waals surface area contributed by atoms with Crippen LogP contribution in [-0.4, -0.2) is 37.1 Å². The summed E-state index contributed by atoms with van der Waals surface area (Å²) in [6.45, 7) is 5.04. The minimum absolute atomic E-state index is 0.639. The lowest BCUT2D eigenvalue weighted by Crippen LogP contribution is -2.52. The smallest absolute Gasteiger partial charge is 0.0235 e. The Bertz CT molecular complexity index is 438. The quantitative estimate of drug-likeness (QED) is 0.864. The molecule has 0 aromatic heterocycles. The van der Waals surface area contributed by atoms with Gasteiger partial charge in [0.05, 0.1) is 0 Å². The summed E-state index contributed by atoms with van der Waals surface area (Å²) in [7, 11) is 0. The predicted molar refractivity (Wildman–Crippen MR) is 87.3 cm³/mol. The second-order valence-corrected chi connectivity index (χ2v) is 7.44. The Morgan fingerprint density at radius 1 is 1.05 bits per heavy atom. The van der Waals surface area contributed by atoms with Crippen molar-refractivity contribution in [3.05, 3.63) is 35.9 Å². The third-order valence-electron chi connectivity index (χ3n) is 5.59. The summed E-state index contributed by atoms with van der Waals surface area (Å²) >= 11 is 0. The average molecular weight is 284 g/mol. The van der Waals surface area contributed by atoms with E-state index in [1.54, 1.807) is 0 Å². The molecule has 2 aliphatic carbocycles. The van der Waals surface area contributed by atoms with Crippen molar-refractivity contribution in [3.63, 3.8) is 0 Å². The Balaban J connectivity index is 1.32. The summed E-state index contributed by atoms with van der Waals surface area (Å²) in [5, 5.41) is 3.72. The van der Waals surface area contributed by atoms with Gasteiger partial charge in [0.25, 0.3) is 0 Å². The van der Waals surface area contributed by atoms with Gasteiger partial charge in [-0.1, -0.05) is 30.3 Å². The third-order valence-corrected chi connectivity index (χ3v) is 5.59. The van der Waals surface area contributed by atoms with E-state index in [0.717, 1.165) is 17.8 Å². The molecule has 4 rings (SSSR count). The van der Waals surface area contributed by atoms with Crippen LogP contribution >= 0.6 is 0 Å². The van der Waals surface area contributed by atoms with Gasteiger partial charge in [0, 0.05) is 32.2 Å². The van der Waals surface area contributed by atoms with Gasteiger partial charge in [-0.05, 0) is 55.4 Å². The molecule has 1 aromatic carbocycles. The topological polar surface area (TPSA) is 15.3 Å². The van der Waals surface area contributed by atoms with Crippen molar-refractivity contribution in [2.24, 2.45) is 17.8 Å². The fourth-order valence-electron chi connectivity index (χ4n) is 4.13. The van der Waals surface area contributed by atoms with E-state index in [-0.39, 0.29) is 0 Å². The van der Waals surface area contributed by atoms with E-state index in [4.69, 9.17) is 0 Å². The summed E-state index contributed by atoms with van der Waals surface area (Å²) in [5.74, 6) is 3.19. The lowest BCUT2D eigenvalue weighted by molar-refractivity contribution is 0.156. The van der Waals surface area contributed by atoms with Crippen molar-refractivity contribution in [1.82, 2.24) is 10.2 Å². The Morgan fingerprint density at radius 3 is 2.43 bits per heavy atom. The molecule has 2 saturated carbocycles. The van der Waals surface area contributed by atoms with Gasteiger partial charge < -0.3 is 10.2 Å². The van der Waals surface area contributed by atoms with Crippen molar-refractivity contribution < 1.29 is 0 Å². The van der Waals surface area contributed by atoms with E-state index in [9.17, 15) is 0 Å². The molecule has 3 aliphatic rings. The molecular formula is C19H28N2. The maximum Gasteiger partial charge on any atom is 0.0235 e. The van der Waals surface area contributed by atoms with Crippen molar-refractivity contribution in [2.75, 3.05) is 26.2 Å². The molecular weight excluding hydrogens is 256 g/mol. The number of nitrogens with one attached hydrogen (secondary N) is 1. The zero-order valence-electron chi connectivity index (χ0n) is 13.0. The van der Waals surface area contributed by atoms with Crippen LogP contribution in [0.1, 0.15) is 31.2 Å². The van der Waals surface area contributed by atoms with Crippen molar-refractivity contribution in [1.29, 1.82) is 0 Å². The molecule has 1 N–H and O–H groups in total. The average Bonchev–Trinajstić information content (AvgIpc) is 3.40. The molecule has 2 nitrogen and oxygen atoms in total. The first-order chi connectivity index (χ1) is 10.4. The molecule has 114 valence electrons. The SMILES string of the molecule is c1ccc(CC2CN(CC(C3CC3)C3CC3)CCN2)cc1. The summed E-state index contributed by atoms with van der Waals surface area (Å²) in [6, 6.07) is 11.6. The second-order valence-electron chi connectivity index (χ2n) is 7.44. The fourth-order valence-corrected chi connectivity index (χ4v) is 4.13. The van der Waals surface area contributed by atoms with Gasteiger partial charge in [-0.2, -0.15) is 0 Å². The highest BCUT2D eigenvalue weighted by Crippen LogP contribution is 2.49. The van der Waals surface area contributed by atoms with Crippen molar-refractivity contribution in [2.45, 2.75) is 38.1 Å². The first-order valence-electron chi connectivity index (χ1n) is 8.88. The minimum Gasteiger partial charge on any atom is -0.311 e. The Kier molecular flexibility index (Phi) is 4.00. The molecule has 1 saturated heterocycles. The van der Waals surface area contributed by atoms with Gasteiger partial charge in [-0.15, -0.1) is 0 Å². The number of nitrogens with zero attached hydrogens (tertiary/aromatic N) is 1. The molecule has 1 aliphatic heterocycles. The Hall–Kier alpha value is -0.860. The summed E-state index contributed by atoms with van der Waals surface area (Å²) in [6.07, 6.45) is 7.23. The van der Waals surface area contributed by atoms with Gasteiger partial charge >= 0.3 is 0 Å². The van der Waals surface area contributed by atoms with E-state index >= 15 is 0 Å². The number of benzene rings is 1. The van der Waals surface area contributed by atoms with E-state index in [2.05, 4.69) is 40.5 Å². The molecule has 1 unspecified atom stereocenters. The molecule has 0 radical (unpaired) electrons. The van der Waals surface area contributed by atoms with E-state index in [1.807, 2.05) is 0 Å². The van der Waals surface area contributed by atoms with Crippen LogP contribution in [0.2, 0.25) is 0 Å². The second kappa shape index (κ2) is 6.10. The Morgan fingerprint density at radius 2 is 1.76 bits per heavy atom. The van der Waals surface area contributed by atoms with E-state index < -0.39 is 0 Å². The van der Waals surface area contributed by atoms with Crippen LogP contribution < -0.4 is 5.32 Å². The minimum atomic E-state index is 0.639. The first-order valence-corrected chi connectivity index (χ1v) is 8.88. The number of hydrogen-bond acceptors (Lipinski definition) is 2. The summed E-state index contributed by atoms with van der Waals surface area (Å²) in [4.78, 5) is 2.76. The van der Waals surface area contributed by atoms with Crippen LogP contribution in [-0.2, 0) is 6.42 Å². The molecule has 1 atom stereocenters. The van der Waals surface area contributed by atoms with E-state index in [1.165, 1.54) is 63.8 Å². The molecule has 0 bridgehead atoms. The normalized spacial score (nSPS) is 27.2. The number of rotatable bonds is 6. The molecule has 1 aromatic rings. The zero-order chi connectivity index (χ0) is 14.1. The van der Waals surface area contributed by atoms with Crippen molar-refractivity contribution in [3.8, 4) is 0 Å². The molecule has 1 heterocycles. The molecule has 2 heteroatoms. The highest BCUT2D eigenvalue weighted by Gasteiger charge is 2.42. The lowest BCUT2D eigenvalue weighted by Gasteiger charge is -2.36. The highest BCUT2D eigenvalue weighted by atomic mass is 15.2. The fraction of sp³-hybridized carbons (Fsp3) is 0.684. The maximum absolute atomic E-state index is 3.72. The van der Waals surface area contributed by atoms with Crippen LogP contribution in [0.4, 0.5) is 0 Å². The van der Waals surface area contributed by atoms with Gasteiger partial charge in [0.1, 0.15) is 0 Å². The molecule has 0 spiro atoms. The largest absolute Gasteiger partial charge is 0.311 e. The highest BCUT2D eigenvalue weighted by molar-refractivity contribution is 5.16. The molecule has 0 amide bonds. The standard InChI is InChI=1S/C19H28N2/c1-2-4-15(5-3-1)12-18-13-21(11-10-20-18)14-19(16-6-7-16)17-8-9-17/h1-5,16-20H,6-14H2. The Labute approximate surface area is 128 Å². The lowest BCUT2D eigenvalue weighted by atomic mass is 9.96. The van der Waals surface area contributed by atoms with Gasteiger partial charge in [0.15, 0.2) is 0 Å². The van der Waals surface area contributed by atoms with Gasteiger partial charge in [0.2, 0.25) is 0 Å².